The van der Waals surface area contributed by atoms with E-state index in [1.54, 1.807) is 30.3 Å². The maximum Gasteiger partial charge on any atom is 0.331 e. The highest BCUT2D eigenvalue weighted by Gasteiger charge is 2.40. The Labute approximate surface area is 183 Å². The zero-order valence-electron chi connectivity index (χ0n) is 16.1. The first-order valence-electron chi connectivity index (χ1n) is 9.33. The van der Waals surface area contributed by atoms with E-state index in [0.717, 1.165) is 22.6 Å². The highest BCUT2D eigenvalue weighted by atomic mass is 127. The molecule has 2 heterocycles. The molecule has 1 unspecified atom stereocenters. The molecule has 0 fully saturated rings. The number of carbonyl (C=O) groups is 1. The van der Waals surface area contributed by atoms with Gasteiger partial charge in [-0.3, -0.25) is 0 Å². The molecule has 0 saturated heterocycles. The van der Waals surface area contributed by atoms with E-state index in [0.29, 0.717) is 12.0 Å². The fourth-order valence-corrected chi connectivity index (χ4v) is 3.88. The van der Waals surface area contributed by atoms with E-state index in [4.69, 9.17) is 14.2 Å². The monoisotopic (exact) mass is 504 g/mol. The Hall–Kier alpha value is -2.48. The van der Waals surface area contributed by atoms with Gasteiger partial charge in [-0.2, -0.15) is 0 Å². The Balaban J connectivity index is 1.52. The largest absolute Gasteiger partial charge is 0.507 e. The summed E-state index contributed by atoms with van der Waals surface area (Å²) in [5.74, 6) is 1.18. The van der Waals surface area contributed by atoms with Crippen LogP contribution in [0.25, 0.3) is 12.2 Å². The van der Waals surface area contributed by atoms with Crippen LogP contribution in [0, 0.1) is 0 Å². The second-order valence-corrected chi connectivity index (χ2v) is 8.78. The summed E-state index contributed by atoms with van der Waals surface area (Å²) in [5, 5.41) is 9.81. The van der Waals surface area contributed by atoms with Crippen LogP contribution in [0.5, 0.6) is 17.2 Å². The number of para-hydroxylation sites is 1. The van der Waals surface area contributed by atoms with Crippen LogP contribution in [0.15, 0.2) is 48.6 Å². The fourth-order valence-electron chi connectivity index (χ4n) is 3.40. The quantitative estimate of drug-likeness (QED) is 0.279. The number of benzene rings is 2. The summed E-state index contributed by atoms with van der Waals surface area (Å²) >= 11 is 2.22. The van der Waals surface area contributed by atoms with Crippen molar-refractivity contribution < 1.29 is 24.1 Å². The van der Waals surface area contributed by atoms with Crippen LogP contribution in [0.1, 0.15) is 30.5 Å². The molecule has 0 aromatic heterocycles. The molecular weight excluding hydrogens is 483 g/mol. The Morgan fingerprint density at radius 3 is 2.86 bits per heavy atom. The third-order valence-electron chi connectivity index (χ3n) is 5.01. The number of carbonyl (C=O) groups excluding carboxylic acids is 1. The van der Waals surface area contributed by atoms with E-state index in [2.05, 4.69) is 22.6 Å². The number of halogens is 1. The van der Waals surface area contributed by atoms with Gasteiger partial charge >= 0.3 is 5.97 Å². The van der Waals surface area contributed by atoms with Crippen molar-refractivity contribution in [3.63, 3.8) is 0 Å². The molecule has 0 radical (unpaired) electrons. The lowest BCUT2D eigenvalue weighted by Gasteiger charge is -2.39. The number of rotatable bonds is 3. The number of phenols is 1. The summed E-state index contributed by atoms with van der Waals surface area (Å²) in [4.78, 5) is 12.4. The second-order valence-electron chi connectivity index (χ2n) is 7.55. The van der Waals surface area contributed by atoms with Gasteiger partial charge in [-0.25, -0.2) is 4.79 Å². The average Bonchev–Trinajstić information content (AvgIpc) is 2.66. The molecule has 0 spiro atoms. The van der Waals surface area contributed by atoms with E-state index in [-0.39, 0.29) is 9.86 Å². The van der Waals surface area contributed by atoms with Crippen molar-refractivity contribution in [3.8, 4) is 17.2 Å². The first kappa shape index (κ1) is 19.8. The van der Waals surface area contributed by atoms with Crippen LogP contribution in [0.4, 0.5) is 0 Å². The molecule has 2 aromatic rings. The van der Waals surface area contributed by atoms with Gasteiger partial charge in [0.05, 0.1) is 0 Å². The van der Waals surface area contributed by atoms with Gasteiger partial charge in [0.1, 0.15) is 29.0 Å². The molecule has 2 atom stereocenters. The lowest BCUT2D eigenvalue weighted by molar-refractivity contribution is -0.155. The predicted octanol–water partition coefficient (Wildman–Crippen LogP) is 4.90. The molecule has 0 saturated carbocycles. The molecule has 4 rings (SSSR count). The van der Waals surface area contributed by atoms with Crippen molar-refractivity contribution in [3.05, 3.63) is 65.2 Å². The number of esters is 1. The Bertz CT molecular complexity index is 1010. The molecule has 6 heteroatoms. The van der Waals surface area contributed by atoms with Gasteiger partial charge in [-0.1, -0.05) is 24.3 Å². The van der Waals surface area contributed by atoms with Crippen LogP contribution >= 0.6 is 22.6 Å². The molecule has 1 N–H and O–H groups in total. The molecule has 2 aliphatic heterocycles. The van der Waals surface area contributed by atoms with Crippen LogP contribution in [0.2, 0.25) is 0 Å². The van der Waals surface area contributed by atoms with Gasteiger partial charge in [-0.15, -0.1) is 0 Å². The third-order valence-corrected chi connectivity index (χ3v) is 5.68. The number of alkyl halides is 1. The van der Waals surface area contributed by atoms with Crippen molar-refractivity contribution in [2.75, 3.05) is 0 Å². The fraction of sp³-hybridized carbons (Fsp3) is 0.261. The normalized spacial score (nSPS) is 21.6. The van der Waals surface area contributed by atoms with E-state index in [9.17, 15) is 9.90 Å². The average molecular weight is 504 g/mol. The maximum absolute atomic E-state index is 12.4. The maximum atomic E-state index is 12.4. The van der Waals surface area contributed by atoms with Crippen molar-refractivity contribution in [2.24, 2.45) is 0 Å². The summed E-state index contributed by atoms with van der Waals surface area (Å²) in [6, 6.07) is 10.7. The Morgan fingerprint density at radius 1 is 1.28 bits per heavy atom. The van der Waals surface area contributed by atoms with Crippen molar-refractivity contribution in [1.29, 1.82) is 0 Å². The lowest BCUT2D eigenvalue weighted by atomic mass is 9.89. The molecule has 0 aliphatic carbocycles. The Morgan fingerprint density at radius 2 is 2.07 bits per heavy atom. The lowest BCUT2D eigenvalue weighted by Crippen LogP contribution is -2.48. The molecule has 2 aromatic carbocycles. The van der Waals surface area contributed by atoms with Gasteiger partial charge in [0.2, 0.25) is 0 Å². The summed E-state index contributed by atoms with van der Waals surface area (Å²) in [5.41, 5.74) is 1.84. The van der Waals surface area contributed by atoms with E-state index in [1.807, 2.05) is 38.1 Å². The number of hydrogen-bond acceptors (Lipinski definition) is 5. The van der Waals surface area contributed by atoms with Gasteiger partial charge in [0.15, 0.2) is 4.11 Å². The zero-order valence-corrected chi connectivity index (χ0v) is 18.3. The molecule has 0 amide bonds. The smallest absolute Gasteiger partial charge is 0.331 e. The molecular formula is C23H21IO5. The number of ether oxygens (including phenoxy) is 3. The predicted molar refractivity (Wildman–Crippen MR) is 119 cm³/mol. The minimum Gasteiger partial charge on any atom is -0.507 e. The Kier molecular flexibility index (Phi) is 5.29. The topological polar surface area (TPSA) is 65.0 Å². The van der Waals surface area contributed by atoms with Crippen molar-refractivity contribution in [1.82, 2.24) is 0 Å². The van der Waals surface area contributed by atoms with E-state index < -0.39 is 17.7 Å². The number of fused-ring (bicyclic) bond motifs is 2. The van der Waals surface area contributed by atoms with Crippen LogP contribution in [-0.4, -0.2) is 26.9 Å². The van der Waals surface area contributed by atoms with Crippen LogP contribution in [0.3, 0.4) is 0 Å². The molecule has 2 aliphatic rings. The highest BCUT2D eigenvalue weighted by molar-refractivity contribution is 14.1. The van der Waals surface area contributed by atoms with E-state index in [1.165, 1.54) is 6.08 Å². The van der Waals surface area contributed by atoms with Crippen LogP contribution in [-0.2, 0) is 16.0 Å². The van der Waals surface area contributed by atoms with Gasteiger partial charge in [0.25, 0.3) is 0 Å². The third kappa shape index (κ3) is 4.27. The molecule has 0 bridgehead atoms. The van der Waals surface area contributed by atoms with E-state index >= 15 is 0 Å². The van der Waals surface area contributed by atoms with Crippen molar-refractivity contribution >= 4 is 40.7 Å². The second kappa shape index (κ2) is 7.74. The SMILES string of the molecule is CC1(C)Oc2cc3c(cc2C[C@H]1OC(=O)/C=C/c1ccccc1O)C=CC(I)O3. The molecule has 29 heavy (non-hydrogen) atoms. The first-order valence-corrected chi connectivity index (χ1v) is 10.6. The minimum absolute atomic E-state index is 0.000655. The van der Waals surface area contributed by atoms with Gasteiger partial charge < -0.3 is 19.3 Å². The molecule has 5 nitrogen and oxygen atoms in total. The summed E-state index contributed by atoms with van der Waals surface area (Å²) in [6.45, 7) is 3.81. The number of aromatic hydroxyl groups is 1. The first-order chi connectivity index (χ1) is 13.8. The highest BCUT2D eigenvalue weighted by Crippen LogP contribution is 2.41. The standard InChI is InChI=1S/C23H21IO5/c1-23(2)20(28-22(26)10-8-14-5-3-4-6-17(14)25)12-16-11-15-7-9-21(24)27-18(15)13-19(16)29-23/h3-11,13,20-21,25H,12H2,1-2H3/b10-8+/t20-,21?/m1/s1. The summed E-state index contributed by atoms with van der Waals surface area (Å²) in [7, 11) is 0. The molecule has 150 valence electrons. The number of hydrogen-bond donors (Lipinski definition) is 1. The van der Waals surface area contributed by atoms with Crippen molar-refractivity contribution in [2.45, 2.75) is 36.1 Å². The summed E-state index contributed by atoms with van der Waals surface area (Å²) in [6.07, 6.45) is 7.00. The zero-order chi connectivity index (χ0) is 20.6. The minimum atomic E-state index is -0.687. The summed E-state index contributed by atoms with van der Waals surface area (Å²) < 4.78 is 17.7. The van der Waals surface area contributed by atoms with Crippen LogP contribution < -0.4 is 9.47 Å². The van der Waals surface area contributed by atoms with Gasteiger partial charge in [-0.05, 0) is 66.3 Å². The van der Waals surface area contributed by atoms with Gasteiger partial charge in [0, 0.05) is 29.7 Å². The number of phenolic OH excluding ortho intramolecular Hbond substituents is 1.